The van der Waals surface area contributed by atoms with Crippen LogP contribution in [-0.4, -0.2) is 27.3 Å². The van der Waals surface area contributed by atoms with Crippen molar-refractivity contribution in [3.8, 4) is 0 Å². The highest BCUT2D eigenvalue weighted by atomic mass is 16.1. The number of H-pyrrole nitrogens is 1. The van der Waals surface area contributed by atoms with Crippen molar-refractivity contribution in [1.82, 2.24) is 15.0 Å². The summed E-state index contributed by atoms with van der Waals surface area (Å²) >= 11 is 0. The molecule has 5 nitrogen and oxygen atoms in total. The van der Waals surface area contributed by atoms with Crippen LogP contribution < -0.4 is 5.73 Å². The number of carbonyl (C=O) groups is 1. The number of Topliss-reactive ketones (excluding diaryl/α,β-unsaturated/α-hetero) is 1. The van der Waals surface area contributed by atoms with Crippen LogP contribution in [0.2, 0.25) is 0 Å². The number of rotatable bonds is 3. The molecule has 2 heterocycles. The number of hydrogen-bond donors (Lipinski definition) is 2. The van der Waals surface area contributed by atoms with Gasteiger partial charge in [0.25, 0.3) is 0 Å². The fraction of sp³-hybridized carbons (Fsp3) is 0.364. The zero-order valence-corrected chi connectivity index (χ0v) is 8.73. The third-order valence-electron chi connectivity index (χ3n) is 2.83. The van der Waals surface area contributed by atoms with Gasteiger partial charge in [-0.1, -0.05) is 0 Å². The van der Waals surface area contributed by atoms with Crippen LogP contribution in [0.5, 0.6) is 0 Å². The van der Waals surface area contributed by atoms with E-state index in [0.717, 1.165) is 11.3 Å². The molecule has 16 heavy (non-hydrogen) atoms. The number of nitrogens with one attached hydrogen (secondary N) is 1. The van der Waals surface area contributed by atoms with Gasteiger partial charge < -0.3 is 10.7 Å². The van der Waals surface area contributed by atoms with Gasteiger partial charge in [-0.25, -0.2) is 9.97 Å². The van der Waals surface area contributed by atoms with E-state index in [4.69, 9.17) is 5.73 Å². The Labute approximate surface area is 92.1 Å². The minimum absolute atomic E-state index is 0.0107. The van der Waals surface area contributed by atoms with E-state index in [2.05, 4.69) is 15.0 Å². The minimum Gasteiger partial charge on any atom is -0.340 e. The van der Waals surface area contributed by atoms with E-state index in [1.54, 1.807) is 6.07 Å². The lowest BCUT2D eigenvalue weighted by Crippen LogP contribution is -2.13. The number of hydrogen-bond acceptors (Lipinski definition) is 4. The Morgan fingerprint density at radius 3 is 3.06 bits per heavy atom. The van der Waals surface area contributed by atoms with Gasteiger partial charge in [0.05, 0.1) is 12.1 Å². The van der Waals surface area contributed by atoms with Crippen LogP contribution in [0.4, 0.5) is 0 Å². The summed E-state index contributed by atoms with van der Waals surface area (Å²) in [6, 6.07) is 1.77. The number of pyridine rings is 1. The van der Waals surface area contributed by atoms with Gasteiger partial charge in [0.15, 0.2) is 11.4 Å². The number of aromatic amines is 1. The molecular formula is C11H12N4O. The van der Waals surface area contributed by atoms with Crippen molar-refractivity contribution in [2.75, 3.05) is 6.54 Å². The topological polar surface area (TPSA) is 84.7 Å². The first-order chi connectivity index (χ1) is 7.78. The molecule has 3 rings (SSSR count). The molecule has 5 heteroatoms. The smallest absolute Gasteiger partial charge is 0.178 e. The number of fused-ring (bicyclic) bond motifs is 1. The van der Waals surface area contributed by atoms with E-state index in [1.165, 1.54) is 19.0 Å². The molecule has 0 aromatic carbocycles. The van der Waals surface area contributed by atoms with Crippen LogP contribution in [0.15, 0.2) is 12.3 Å². The van der Waals surface area contributed by atoms with Crippen molar-refractivity contribution in [3.05, 3.63) is 23.7 Å². The van der Waals surface area contributed by atoms with Gasteiger partial charge in [-0.15, -0.1) is 0 Å². The molecule has 0 radical (unpaired) electrons. The average molecular weight is 216 g/mol. The summed E-state index contributed by atoms with van der Waals surface area (Å²) in [5.41, 5.74) is 7.35. The Balaban J connectivity index is 2.06. The predicted octanol–water partition coefficient (Wildman–Crippen LogP) is 0.977. The van der Waals surface area contributed by atoms with Crippen LogP contribution >= 0.6 is 0 Å². The van der Waals surface area contributed by atoms with E-state index >= 15 is 0 Å². The van der Waals surface area contributed by atoms with Crippen LogP contribution in [-0.2, 0) is 0 Å². The summed E-state index contributed by atoms with van der Waals surface area (Å²) in [7, 11) is 0. The summed E-state index contributed by atoms with van der Waals surface area (Å²) in [6.07, 6.45) is 3.91. The summed E-state index contributed by atoms with van der Waals surface area (Å²) < 4.78 is 0. The standard InChI is InChI=1S/C11H12N4O/c12-4-9(16)7-3-8-11(13-5-7)15-10(14-8)6-1-2-6/h3,5-6H,1-2,4,12H2,(H,13,14,15). The van der Waals surface area contributed by atoms with E-state index in [9.17, 15) is 4.79 Å². The largest absolute Gasteiger partial charge is 0.340 e. The summed E-state index contributed by atoms with van der Waals surface area (Å²) in [4.78, 5) is 23.2. The molecule has 1 saturated carbocycles. The maximum Gasteiger partial charge on any atom is 0.178 e. The van der Waals surface area contributed by atoms with Gasteiger partial charge >= 0.3 is 0 Å². The molecule has 0 saturated heterocycles. The molecule has 0 spiro atoms. The molecule has 1 aliphatic rings. The first kappa shape index (κ1) is 9.47. The lowest BCUT2D eigenvalue weighted by molar-refractivity contribution is 0.100. The number of ketones is 1. The van der Waals surface area contributed by atoms with Crippen molar-refractivity contribution in [2.24, 2.45) is 5.73 Å². The van der Waals surface area contributed by atoms with E-state index in [-0.39, 0.29) is 12.3 Å². The molecule has 1 fully saturated rings. The highest BCUT2D eigenvalue weighted by Gasteiger charge is 2.27. The second-order valence-corrected chi connectivity index (χ2v) is 4.12. The third-order valence-corrected chi connectivity index (χ3v) is 2.83. The molecule has 1 aliphatic carbocycles. The van der Waals surface area contributed by atoms with Gasteiger partial charge in [-0.3, -0.25) is 4.79 Å². The number of nitrogens with two attached hydrogens (primary N) is 1. The highest BCUT2D eigenvalue weighted by Crippen LogP contribution is 2.38. The molecule has 0 unspecified atom stereocenters. The minimum atomic E-state index is -0.100. The quantitative estimate of drug-likeness (QED) is 0.749. The van der Waals surface area contributed by atoms with E-state index < -0.39 is 0 Å². The van der Waals surface area contributed by atoms with Crippen molar-refractivity contribution in [3.63, 3.8) is 0 Å². The maximum atomic E-state index is 11.4. The van der Waals surface area contributed by atoms with Gasteiger partial charge in [0.1, 0.15) is 5.82 Å². The van der Waals surface area contributed by atoms with Crippen LogP contribution in [0, 0.1) is 0 Å². The molecule has 82 valence electrons. The van der Waals surface area contributed by atoms with Crippen molar-refractivity contribution in [1.29, 1.82) is 0 Å². The molecular weight excluding hydrogens is 204 g/mol. The number of aromatic nitrogens is 3. The first-order valence-electron chi connectivity index (χ1n) is 5.37. The summed E-state index contributed by atoms with van der Waals surface area (Å²) in [5.74, 6) is 1.44. The summed E-state index contributed by atoms with van der Waals surface area (Å²) in [6.45, 7) is 0.0107. The Hall–Kier alpha value is -1.75. The normalized spacial score (nSPS) is 15.6. The highest BCUT2D eigenvalue weighted by molar-refractivity contribution is 5.99. The second kappa shape index (κ2) is 3.38. The molecule has 2 aromatic rings. The average Bonchev–Trinajstić information content (AvgIpc) is 3.07. The van der Waals surface area contributed by atoms with Crippen LogP contribution in [0.1, 0.15) is 34.9 Å². The molecule has 0 aliphatic heterocycles. The second-order valence-electron chi connectivity index (χ2n) is 4.12. The molecule has 2 aromatic heterocycles. The van der Waals surface area contributed by atoms with Gasteiger partial charge in [0.2, 0.25) is 0 Å². The van der Waals surface area contributed by atoms with Crippen LogP contribution in [0.25, 0.3) is 11.2 Å². The van der Waals surface area contributed by atoms with Crippen molar-refractivity contribution < 1.29 is 4.79 Å². The zero-order valence-electron chi connectivity index (χ0n) is 8.73. The van der Waals surface area contributed by atoms with Gasteiger partial charge in [-0.05, 0) is 18.9 Å². The summed E-state index contributed by atoms with van der Waals surface area (Å²) in [5, 5.41) is 0. The lowest BCUT2D eigenvalue weighted by atomic mass is 10.2. The van der Waals surface area contributed by atoms with Crippen LogP contribution in [0.3, 0.4) is 0 Å². The number of nitrogens with zero attached hydrogens (tertiary/aromatic N) is 2. The van der Waals surface area contributed by atoms with Gasteiger partial charge in [0, 0.05) is 17.7 Å². The molecule has 0 atom stereocenters. The molecule has 0 amide bonds. The van der Waals surface area contributed by atoms with E-state index in [0.29, 0.717) is 17.1 Å². The van der Waals surface area contributed by atoms with Gasteiger partial charge in [-0.2, -0.15) is 0 Å². The molecule has 0 bridgehead atoms. The number of carbonyl (C=O) groups excluding carboxylic acids is 1. The third kappa shape index (κ3) is 1.49. The predicted molar refractivity (Wildman–Crippen MR) is 59.2 cm³/mol. The lowest BCUT2D eigenvalue weighted by Gasteiger charge is -1.95. The monoisotopic (exact) mass is 216 g/mol. The van der Waals surface area contributed by atoms with E-state index in [1.807, 2.05) is 0 Å². The van der Waals surface area contributed by atoms with Crippen molar-refractivity contribution in [2.45, 2.75) is 18.8 Å². The first-order valence-corrected chi connectivity index (χ1v) is 5.37. The Morgan fingerprint density at radius 2 is 2.38 bits per heavy atom. The Kier molecular flexibility index (Phi) is 2.00. The zero-order chi connectivity index (χ0) is 11.1. The maximum absolute atomic E-state index is 11.4. The van der Waals surface area contributed by atoms with Crippen molar-refractivity contribution >= 4 is 16.9 Å². The fourth-order valence-electron chi connectivity index (χ4n) is 1.74. The number of imidazole rings is 1. The SMILES string of the molecule is NCC(=O)c1cnc2nc(C3CC3)[nH]c2c1. The molecule has 3 N–H and O–H groups in total. The Morgan fingerprint density at radius 1 is 1.56 bits per heavy atom. The Bertz CT molecular complexity index is 556. The fourth-order valence-corrected chi connectivity index (χ4v) is 1.74.